The Balaban J connectivity index is 1.90. The van der Waals surface area contributed by atoms with E-state index in [9.17, 15) is 5.26 Å². The van der Waals surface area contributed by atoms with Gasteiger partial charge < -0.3 is 14.1 Å². The molecule has 1 saturated heterocycles. The van der Waals surface area contributed by atoms with Crippen molar-refractivity contribution in [1.82, 2.24) is 4.98 Å². The van der Waals surface area contributed by atoms with Crippen LogP contribution in [-0.2, 0) is 11.3 Å². The van der Waals surface area contributed by atoms with Crippen LogP contribution in [0.4, 0.5) is 5.69 Å². The fourth-order valence-corrected chi connectivity index (χ4v) is 2.85. The molecule has 2 aromatic heterocycles. The smallest absolute Gasteiger partial charge is 0.129 e. The van der Waals surface area contributed by atoms with E-state index in [1.165, 1.54) is 0 Å². The van der Waals surface area contributed by atoms with Crippen molar-refractivity contribution < 1.29 is 9.15 Å². The number of nitrogens with zero attached hydrogens (tertiary/aromatic N) is 3. The van der Waals surface area contributed by atoms with Gasteiger partial charge in [-0.1, -0.05) is 0 Å². The Bertz CT molecular complexity index is 660. The van der Waals surface area contributed by atoms with Crippen LogP contribution in [0.5, 0.6) is 0 Å². The Labute approximate surface area is 123 Å². The molecule has 0 amide bonds. The fourth-order valence-electron chi connectivity index (χ4n) is 2.85. The summed E-state index contributed by atoms with van der Waals surface area (Å²) >= 11 is 0. The molecule has 21 heavy (non-hydrogen) atoms. The zero-order chi connectivity index (χ0) is 14.7. The predicted octanol–water partition coefficient (Wildman–Crippen LogP) is 3.03. The molecule has 0 N–H and O–H groups in total. The first-order valence-electron chi connectivity index (χ1n) is 7.02. The Morgan fingerprint density at radius 1 is 1.48 bits per heavy atom. The van der Waals surface area contributed by atoms with Crippen LogP contribution in [0, 0.1) is 11.3 Å². The molecule has 1 fully saturated rings. The molecule has 1 aliphatic rings. The van der Waals surface area contributed by atoms with E-state index < -0.39 is 0 Å². The van der Waals surface area contributed by atoms with Crippen LogP contribution in [0.1, 0.15) is 36.0 Å². The molecule has 0 spiro atoms. The molecule has 0 radical (unpaired) electrons. The monoisotopic (exact) mass is 283 g/mol. The molecule has 0 bridgehead atoms. The summed E-state index contributed by atoms with van der Waals surface area (Å²) in [4.78, 5) is 6.37. The van der Waals surface area contributed by atoms with Crippen LogP contribution in [0.3, 0.4) is 0 Å². The molecule has 0 saturated carbocycles. The van der Waals surface area contributed by atoms with Gasteiger partial charge in [-0.15, -0.1) is 0 Å². The number of rotatable bonds is 4. The highest BCUT2D eigenvalue weighted by molar-refractivity contribution is 5.59. The van der Waals surface area contributed by atoms with Crippen molar-refractivity contribution >= 4 is 5.69 Å². The maximum atomic E-state index is 9.27. The molecular formula is C16H17N3O2. The molecule has 3 heterocycles. The van der Waals surface area contributed by atoms with Gasteiger partial charge in [0.15, 0.2) is 0 Å². The fraction of sp³-hybridized carbons (Fsp3) is 0.375. The maximum absolute atomic E-state index is 9.27. The number of nitriles is 1. The first-order chi connectivity index (χ1) is 10.3. The van der Waals surface area contributed by atoms with E-state index in [1.54, 1.807) is 25.6 Å². The minimum atomic E-state index is 0.159. The van der Waals surface area contributed by atoms with Gasteiger partial charge in [-0.25, -0.2) is 0 Å². The summed E-state index contributed by atoms with van der Waals surface area (Å²) in [6.45, 7) is 1.38. The van der Waals surface area contributed by atoms with Crippen molar-refractivity contribution in [2.75, 3.05) is 18.6 Å². The van der Waals surface area contributed by atoms with Crippen molar-refractivity contribution in [1.29, 1.82) is 5.26 Å². The summed E-state index contributed by atoms with van der Waals surface area (Å²) in [5.74, 6) is 1.75. The number of hydrogen-bond donors (Lipinski definition) is 0. The van der Waals surface area contributed by atoms with Crippen LogP contribution in [-0.4, -0.2) is 18.6 Å². The minimum Gasteiger partial charge on any atom is -0.461 e. The number of methoxy groups -OCH3 is 1. The van der Waals surface area contributed by atoms with E-state index in [2.05, 4.69) is 16.0 Å². The minimum absolute atomic E-state index is 0.159. The summed E-state index contributed by atoms with van der Waals surface area (Å²) in [6, 6.07) is 8.10. The Kier molecular flexibility index (Phi) is 3.89. The Morgan fingerprint density at radius 2 is 2.38 bits per heavy atom. The second kappa shape index (κ2) is 5.98. The molecule has 5 heteroatoms. The van der Waals surface area contributed by atoms with Crippen LogP contribution in [0.15, 0.2) is 35.0 Å². The number of ether oxygens (including phenoxy) is 1. The highest BCUT2D eigenvalue weighted by atomic mass is 16.5. The standard InChI is InChI=1S/C16H17N3O2/c1-20-11-13-4-5-16(21-13)14-3-2-8-19(14)15-10-18-7-6-12(15)9-17/h4-7,10,14H,2-3,8,11H2,1H3. The lowest BCUT2D eigenvalue weighted by Crippen LogP contribution is -2.23. The zero-order valence-corrected chi connectivity index (χ0v) is 12.0. The van der Waals surface area contributed by atoms with Gasteiger partial charge in [0, 0.05) is 19.9 Å². The van der Waals surface area contributed by atoms with Crippen molar-refractivity contribution in [2.24, 2.45) is 0 Å². The normalized spacial score (nSPS) is 17.9. The summed E-state index contributed by atoms with van der Waals surface area (Å²) in [5.41, 5.74) is 1.53. The summed E-state index contributed by atoms with van der Waals surface area (Å²) in [5, 5.41) is 9.27. The highest BCUT2D eigenvalue weighted by Crippen LogP contribution is 2.37. The topological polar surface area (TPSA) is 62.3 Å². The van der Waals surface area contributed by atoms with Gasteiger partial charge in [0.05, 0.1) is 23.5 Å². The third-order valence-electron chi connectivity index (χ3n) is 3.78. The molecule has 0 aliphatic carbocycles. The highest BCUT2D eigenvalue weighted by Gasteiger charge is 2.30. The molecule has 3 rings (SSSR count). The number of hydrogen-bond acceptors (Lipinski definition) is 5. The van der Waals surface area contributed by atoms with E-state index >= 15 is 0 Å². The van der Waals surface area contributed by atoms with Crippen LogP contribution in [0.25, 0.3) is 0 Å². The molecule has 2 aromatic rings. The quantitative estimate of drug-likeness (QED) is 0.863. The van der Waals surface area contributed by atoms with Crippen molar-refractivity contribution in [3.63, 3.8) is 0 Å². The van der Waals surface area contributed by atoms with E-state index in [0.29, 0.717) is 12.2 Å². The molecule has 5 nitrogen and oxygen atoms in total. The Morgan fingerprint density at radius 3 is 3.19 bits per heavy atom. The number of pyridine rings is 1. The summed E-state index contributed by atoms with van der Waals surface area (Å²) < 4.78 is 11.0. The molecule has 1 aliphatic heterocycles. The van der Waals surface area contributed by atoms with Crippen molar-refractivity contribution in [3.05, 3.63) is 47.7 Å². The third-order valence-corrected chi connectivity index (χ3v) is 3.78. The Hall–Kier alpha value is -2.32. The average molecular weight is 283 g/mol. The first-order valence-corrected chi connectivity index (χ1v) is 7.02. The number of furan rings is 1. The molecule has 1 atom stereocenters. The molecule has 0 aromatic carbocycles. The molecule has 108 valence electrons. The number of aromatic nitrogens is 1. The van der Waals surface area contributed by atoms with E-state index in [4.69, 9.17) is 9.15 Å². The van der Waals surface area contributed by atoms with Crippen molar-refractivity contribution in [3.8, 4) is 6.07 Å². The van der Waals surface area contributed by atoms with Crippen LogP contribution in [0.2, 0.25) is 0 Å². The van der Waals surface area contributed by atoms with Gasteiger partial charge in [0.25, 0.3) is 0 Å². The van der Waals surface area contributed by atoms with Gasteiger partial charge in [0.2, 0.25) is 0 Å². The van der Waals surface area contributed by atoms with Gasteiger partial charge in [-0.05, 0) is 31.0 Å². The van der Waals surface area contributed by atoms with Gasteiger partial charge in [0.1, 0.15) is 24.2 Å². The van der Waals surface area contributed by atoms with E-state index in [-0.39, 0.29) is 6.04 Å². The second-order valence-corrected chi connectivity index (χ2v) is 5.09. The van der Waals surface area contributed by atoms with E-state index in [1.807, 2.05) is 12.1 Å². The SMILES string of the molecule is COCc1ccc(C2CCCN2c2cnccc2C#N)o1. The third kappa shape index (κ3) is 2.63. The summed E-state index contributed by atoms with van der Waals surface area (Å²) in [7, 11) is 1.65. The van der Waals surface area contributed by atoms with Gasteiger partial charge in [-0.3, -0.25) is 4.98 Å². The lowest BCUT2D eigenvalue weighted by molar-refractivity contribution is 0.162. The second-order valence-electron chi connectivity index (χ2n) is 5.09. The molecule has 1 unspecified atom stereocenters. The lowest BCUT2D eigenvalue weighted by atomic mass is 10.1. The maximum Gasteiger partial charge on any atom is 0.129 e. The predicted molar refractivity (Wildman–Crippen MR) is 77.7 cm³/mol. The molecular weight excluding hydrogens is 266 g/mol. The van der Waals surface area contributed by atoms with Gasteiger partial charge >= 0.3 is 0 Å². The number of anilines is 1. The van der Waals surface area contributed by atoms with Gasteiger partial charge in [-0.2, -0.15) is 5.26 Å². The van der Waals surface area contributed by atoms with Crippen LogP contribution < -0.4 is 4.90 Å². The van der Waals surface area contributed by atoms with E-state index in [0.717, 1.165) is 36.6 Å². The zero-order valence-electron chi connectivity index (χ0n) is 12.0. The van der Waals surface area contributed by atoms with Crippen molar-refractivity contribution in [2.45, 2.75) is 25.5 Å². The lowest BCUT2D eigenvalue weighted by Gasteiger charge is -2.25. The first kappa shape index (κ1) is 13.7. The van der Waals surface area contributed by atoms with Crippen LogP contribution >= 0.6 is 0 Å². The average Bonchev–Trinajstić information content (AvgIpc) is 3.16. The summed E-state index contributed by atoms with van der Waals surface area (Å²) in [6.07, 6.45) is 5.50. The largest absolute Gasteiger partial charge is 0.461 e.